The van der Waals surface area contributed by atoms with Crippen LogP contribution in [0.5, 0.6) is 0 Å². The van der Waals surface area contributed by atoms with Gasteiger partial charge in [-0.3, -0.25) is 4.79 Å². The number of likely N-dealkylation sites (tertiary alicyclic amines) is 1. The molecule has 0 N–H and O–H groups in total. The summed E-state index contributed by atoms with van der Waals surface area (Å²) in [6.45, 7) is 3.11. The Morgan fingerprint density at radius 2 is 1.68 bits per heavy atom. The van der Waals surface area contributed by atoms with E-state index in [0.29, 0.717) is 10.6 Å². The maximum absolute atomic E-state index is 13.0. The number of nitrogens with zero attached hydrogens (tertiary/aromatic N) is 2. The fourth-order valence-corrected chi connectivity index (χ4v) is 3.58. The first kappa shape index (κ1) is 18.0. The molecular formula is C21H25ClN2O. The third-order valence-corrected chi connectivity index (χ3v) is 5.20. The highest BCUT2D eigenvalue weighted by Gasteiger charge is 2.25. The summed E-state index contributed by atoms with van der Waals surface area (Å²) in [6.07, 6.45) is 3.80. The summed E-state index contributed by atoms with van der Waals surface area (Å²) in [5.41, 5.74) is 1.85. The highest BCUT2D eigenvalue weighted by molar-refractivity contribution is 6.30. The number of halogens is 1. The fraction of sp³-hybridized carbons (Fsp3) is 0.381. The predicted molar refractivity (Wildman–Crippen MR) is 103 cm³/mol. The highest BCUT2D eigenvalue weighted by Crippen LogP contribution is 2.24. The minimum absolute atomic E-state index is 0.0301. The van der Waals surface area contributed by atoms with Crippen molar-refractivity contribution in [1.82, 2.24) is 9.80 Å². The van der Waals surface area contributed by atoms with Gasteiger partial charge in [0.05, 0.1) is 6.04 Å². The van der Waals surface area contributed by atoms with E-state index in [1.807, 2.05) is 30.1 Å². The third kappa shape index (κ3) is 4.62. The highest BCUT2D eigenvalue weighted by atomic mass is 35.5. The van der Waals surface area contributed by atoms with Crippen molar-refractivity contribution in [2.24, 2.45) is 0 Å². The van der Waals surface area contributed by atoms with Gasteiger partial charge >= 0.3 is 0 Å². The molecule has 1 saturated heterocycles. The minimum atomic E-state index is 0.0301. The van der Waals surface area contributed by atoms with Crippen LogP contribution in [0.1, 0.15) is 41.2 Å². The standard InChI is InChI=1S/C21H25ClN2O/c1-23(21(25)18-10-12-19(22)13-11-18)20(17-8-4-2-5-9-17)16-24-14-6-3-7-15-24/h2,4-5,8-13,20H,3,6-7,14-16H2,1H3/t20-/m0/s1. The van der Waals surface area contributed by atoms with Gasteiger partial charge < -0.3 is 9.80 Å². The molecule has 1 fully saturated rings. The van der Waals surface area contributed by atoms with Crippen LogP contribution in [-0.4, -0.2) is 42.4 Å². The van der Waals surface area contributed by atoms with Gasteiger partial charge in [0.1, 0.15) is 0 Å². The summed E-state index contributed by atoms with van der Waals surface area (Å²) < 4.78 is 0. The van der Waals surface area contributed by atoms with Gasteiger partial charge in [-0.25, -0.2) is 0 Å². The van der Waals surface area contributed by atoms with Crippen molar-refractivity contribution in [3.05, 3.63) is 70.7 Å². The van der Waals surface area contributed by atoms with Crippen LogP contribution >= 0.6 is 11.6 Å². The van der Waals surface area contributed by atoms with E-state index in [0.717, 1.165) is 19.6 Å². The first-order chi connectivity index (χ1) is 12.1. The lowest BCUT2D eigenvalue weighted by molar-refractivity contribution is 0.0674. The second-order valence-corrected chi connectivity index (χ2v) is 7.15. The number of carbonyl (C=O) groups excluding carboxylic acids is 1. The molecule has 0 unspecified atom stereocenters. The average Bonchev–Trinajstić information content (AvgIpc) is 2.67. The van der Waals surface area contributed by atoms with E-state index < -0.39 is 0 Å². The molecule has 1 aliphatic heterocycles. The van der Waals surface area contributed by atoms with Gasteiger partial charge in [0, 0.05) is 24.2 Å². The molecule has 0 saturated carbocycles. The number of benzene rings is 2. The van der Waals surface area contributed by atoms with E-state index in [9.17, 15) is 4.79 Å². The van der Waals surface area contributed by atoms with Crippen molar-refractivity contribution in [2.75, 3.05) is 26.7 Å². The van der Waals surface area contributed by atoms with E-state index in [-0.39, 0.29) is 11.9 Å². The van der Waals surface area contributed by atoms with E-state index in [2.05, 4.69) is 17.0 Å². The van der Waals surface area contributed by atoms with Gasteiger partial charge in [-0.1, -0.05) is 48.4 Å². The Balaban J connectivity index is 1.82. The Morgan fingerprint density at radius 1 is 1.04 bits per heavy atom. The van der Waals surface area contributed by atoms with Crippen LogP contribution in [0.25, 0.3) is 0 Å². The number of amides is 1. The molecule has 1 atom stereocenters. The quantitative estimate of drug-likeness (QED) is 0.779. The molecule has 1 heterocycles. The number of likely N-dealkylation sites (N-methyl/N-ethyl adjacent to an activating group) is 1. The summed E-state index contributed by atoms with van der Waals surface area (Å²) in [5.74, 6) is 0.0301. The van der Waals surface area contributed by atoms with Crippen LogP contribution < -0.4 is 0 Å². The molecule has 132 valence electrons. The molecule has 1 amide bonds. The van der Waals surface area contributed by atoms with Crippen LogP contribution in [0.15, 0.2) is 54.6 Å². The van der Waals surface area contributed by atoms with Crippen LogP contribution in [0.2, 0.25) is 5.02 Å². The molecule has 3 nitrogen and oxygen atoms in total. The lowest BCUT2D eigenvalue weighted by Gasteiger charge is -2.35. The van der Waals surface area contributed by atoms with Gasteiger partial charge in [-0.2, -0.15) is 0 Å². The fourth-order valence-electron chi connectivity index (χ4n) is 3.45. The maximum Gasteiger partial charge on any atom is 0.254 e. The normalized spacial score (nSPS) is 16.4. The van der Waals surface area contributed by atoms with Crippen LogP contribution in [0.4, 0.5) is 0 Å². The van der Waals surface area contributed by atoms with Crippen molar-refractivity contribution in [3.63, 3.8) is 0 Å². The number of carbonyl (C=O) groups is 1. The zero-order chi connectivity index (χ0) is 17.6. The van der Waals surface area contributed by atoms with E-state index in [1.165, 1.54) is 24.8 Å². The average molecular weight is 357 g/mol. The summed E-state index contributed by atoms with van der Waals surface area (Å²) >= 11 is 5.95. The number of piperidine rings is 1. The molecule has 1 aliphatic rings. The topological polar surface area (TPSA) is 23.6 Å². The molecule has 0 aliphatic carbocycles. The Labute approximate surface area is 155 Å². The van der Waals surface area contributed by atoms with E-state index in [4.69, 9.17) is 11.6 Å². The second-order valence-electron chi connectivity index (χ2n) is 6.71. The summed E-state index contributed by atoms with van der Waals surface area (Å²) in [7, 11) is 1.90. The predicted octanol–water partition coefficient (Wildman–Crippen LogP) is 4.64. The summed E-state index contributed by atoms with van der Waals surface area (Å²) in [6, 6.07) is 17.5. The lowest BCUT2D eigenvalue weighted by Crippen LogP contribution is -2.41. The summed E-state index contributed by atoms with van der Waals surface area (Å²) in [4.78, 5) is 17.3. The van der Waals surface area contributed by atoms with Gasteiger partial charge in [-0.15, -0.1) is 0 Å². The van der Waals surface area contributed by atoms with Gasteiger partial charge in [-0.05, 0) is 55.8 Å². The molecule has 3 rings (SSSR count). The molecule has 25 heavy (non-hydrogen) atoms. The first-order valence-corrected chi connectivity index (χ1v) is 9.33. The molecule has 4 heteroatoms. The van der Waals surface area contributed by atoms with Gasteiger partial charge in [0.15, 0.2) is 0 Å². The van der Waals surface area contributed by atoms with Crippen molar-refractivity contribution >= 4 is 17.5 Å². The number of hydrogen-bond acceptors (Lipinski definition) is 2. The Morgan fingerprint density at radius 3 is 2.32 bits per heavy atom. The zero-order valence-corrected chi connectivity index (χ0v) is 15.5. The largest absolute Gasteiger partial charge is 0.333 e. The maximum atomic E-state index is 13.0. The van der Waals surface area contributed by atoms with Crippen LogP contribution in [0, 0.1) is 0 Å². The van der Waals surface area contributed by atoms with Gasteiger partial charge in [0.2, 0.25) is 0 Å². The van der Waals surface area contributed by atoms with Crippen molar-refractivity contribution < 1.29 is 4.79 Å². The SMILES string of the molecule is CN(C(=O)c1ccc(Cl)cc1)[C@@H](CN1CCCCC1)c1ccccc1. The molecule has 2 aromatic carbocycles. The monoisotopic (exact) mass is 356 g/mol. The number of rotatable bonds is 5. The van der Waals surface area contributed by atoms with E-state index in [1.54, 1.807) is 24.3 Å². The molecule has 2 aromatic rings. The lowest BCUT2D eigenvalue weighted by atomic mass is 10.0. The van der Waals surface area contributed by atoms with Crippen molar-refractivity contribution in [3.8, 4) is 0 Å². The zero-order valence-electron chi connectivity index (χ0n) is 14.7. The number of hydrogen-bond donors (Lipinski definition) is 0. The van der Waals surface area contributed by atoms with Crippen molar-refractivity contribution in [2.45, 2.75) is 25.3 Å². The second kappa shape index (κ2) is 8.50. The van der Waals surface area contributed by atoms with Crippen molar-refractivity contribution in [1.29, 1.82) is 0 Å². The molecule has 0 bridgehead atoms. The Kier molecular flexibility index (Phi) is 6.11. The van der Waals surface area contributed by atoms with Crippen LogP contribution in [-0.2, 0) is 0 Å². The molecule has 0 aromatic heterocycles. The molecule has 0 radical (unpaired) electrons. The van der Waals surface area contributed by atoms with Gasteiger partial charge in [0.25, 0.3) is 5.91 Å². The Hall–Kier alpha value is -1.84. The summed E-state index contributed by atoms with van der Waals surface area (Å²) in [5, 5.41) is 0.645. The first-order valence-electron chi connectivity index (χ1n) is 8.95. The minimum Gasteiger partial charge on any atom is -0.333 e. The van der Waals surface area contributed by atoms with Crippen LogP contribution in [0.3, 0.4) is 0 Å². The smallest absolute Gasteiger partial charge is 0.254 e. The third-order valence-electron chi connectivity index (χ3n) is 4.94. The van der Waals surface area contributed by atoms with E-state index >= 15 is 0 Å². The Bertz CT molecular complexity index is 681. The molecule has 0 spiro atoms. The molecular weight excluding hydrogens is 332 g/mol.